The first-order valence-electron chi connectivity index (χ1n) is 3.82. The van der Waals surface area contributed by atoms with E-state index in [2.05, 4.69) is 5.10 Å². The van der Waals surface area contributed by atoms with Gasteiger partial charge in [0.25, 0.3) is 0 Å². The third kappa shape index (κ3) is 1.38. The maximum Gasteiger partial charge on any atom is 0.157 e. The quantitative estimate of drug-likeness (QED) is 0.517. The van der Waals surface area contributed by atoms with E-state index < -0.39 is 5.82 Å². The molecule has 0 aliphatic carbocycles. The van der Waals surface area contributed by atoms with Crippen molar-refractivity contribution in [2.24, 2.45) is 7.05 Å². The Morgan fingerprint density at radius 2 is 1.92 bits per heavy atom. The fourth-order valence-corrected chi connectivity index (χ4v) is 0.990. The molecule has 2 radical (unpaired) electrons. The molecule has 0 atom stereocenters. The molecule has 0 fully saturated rings. The van der Waals surface area contributed by atoms with E-state index in [9.17, 15) is 4.39 Å². The van der Waals surface area contributed by atoms with Crippen LogP contribution in [0, 0.1) is 5.82 Å². The number of halogens is 1. The van der Waals surface area contributed by atoms with Gasteiger partial charge in [-0.2, -0.15) is 5.10 Å². The predicted octanol–water partition coefficient (Wildman–Crippen LogP) is 0.650. The molecule has 12 heavy (non-hydrogen) atoms. The van der Waals surface area contributed by atoms with E-state index >= 15 is 0 Å². The van der Waals surface area contributed by atoms with Crippen molar-refractivity contribution in [2.75, 3.05) is 0 Å². The van der Waals surface area contributed by atoms with E-state index in [0.717, 1.165) is 0 Å². The Hall–Kier alpha value is -0.795. The van der Waals surface area contributed by atoms with Crippen LogP contribution in [-0.4, -0.2) is 17.6 Å². The largest absolute Gasteiger partial charge is 0.280 e. The van der Waals surface area contributed by atoms with Crippen molar-refractivity contribution in [1.29, 1.82) is 0 Å². The Kier molecular flexibility index (Phi) is 2.02. The number of rotatable bonds is 0. The van der Waals surface area contributed by atoms with Gasteiger partial charge in [-0.1, -0.05) is 20.8 Å². The van der Waals surface area contributed by atoms with Crippen molar-refractivity contribution >= 4 is 13.4 Å². The van der Waals surface area contributed by atoms with Crippen LogP contribution in [-0.2, 0) is 12.5 Å². The van der Waals surface area contributed by atoms with Gasteiger partial charge in [0.1, 0.15) is 13.5 Å². The molecule has 0 aromatic carbocycles. The van der Waals surface area contributed by atoms with Gasteiger partial charge in [-0.05, 0) is 0 Å². The minimum atomic E-state index is -0.398. The SMILES string of the molecule is [B]c1c(F)c(C(C)(C)C)nn1C. The van der Waals surface area contributed by atoms with E-state index in [1.54, 1.807) is 7.05 Å². The molecule has 0 saturated heterocycles. The summed E-state index contributed by atoms with van der Waals surface area (Å²) in [7, 11) is 7.06. The average Bonchev–Trinajstić information content (AvgIpc) is 2.15. The minimum Gasteiger partial charge on any atom is -0.280 e. The lowest BCUT2D eigenvalue weighted by Crippen LogP contribution is -2.17. The second-order valence-electron chi connectivity index (χ2n) is 3.92. The molecule has 1 heterocycles. The molecule has 0 spiro atoms. The zero-order valence-corrected chi connectivity index (χ0v) is 7.85. The summed E-state index contributed by atoms with van der Waals surface area (Å²) < 4.78 is 14.7. The lowest BCUT2D eigenvalue weighted by atomic mass is 9.90. The highest BCUT2D eigenvalue weighted by molar-refractivity contribution is 6.31. The van der Waals surface area contributed by atoms with Gasteiger partial charge in [-0.15, -0.1) is 0 Å². The van der Waals surface area contributed by atoms with E-state index in [1.807, 2.05) is 20.8 Å². The van der Waals surface area contributed by atoms with Crippen molar-refractivity contribution in [2.45, 2.75) is 26.2 Å². The predicted molar refractivity (Wildman–Crippen MR) is 47.3 cm³/mol. The molecule has 0 saturated carbocycles. The van der Waals surface area contributed by atoms with Gasteiger partial charge in [0.2, 0.25) is 0 Å². The van der Waals surface area contributed by atoms with Gasteiger partial charge in [-0.3, -0.25) is 4.68 Å². The Bertz CT molecular complexity index is 299. The van der Waals surface area contributed by atoms with Gasteiger partial charge in [-0.25, -0.2) is 4.39 Å². The van der Waals surface area contributed by atoms with Crippen LogP contribution in [0.25, 0.3) is 0 Å². The molecule has 2 nitrogen and oxygen atoms in total. The second kappa shape index (κ2) is 2.61. The molecule has 0 aliphatic rings. The maximum absolute atomic E-state index is 13.3. The third-order valence-corrected chi connectivity index (χ3v) is 1.74. The molecule has 0 bridgehead atoms. The first-order chi connectivity index (χ1) is 5.34. The Morgan fingerprint density at radius 3 is 2.08 bits per heavy atom. The van der Waals surface area contributed by atoms with Crippen LogP contribution in [0.1, 0.15) is 26.5 Å². The molecule has 0 unspecified atom stereocenters. The summed E-state index contributed by atoms with van der Waals surface area (Å²) in [6, 6.07) is 0. The van der Waals surface area contributed by atoms with Crippen molar-refractivity contribution < 1.29 is 4.39 Å². The van der Waals surface area contributed by atoms with Crippen LogP contribution in [0.15, 0.2) is 0 Å². The molecule has 64 valence electrons. The van der Waals surface area contributed by atoms with Crippen molar-refractivity contribution in [3.8, 4) is 0 Å². The number of hydrogen-bond acceptors (Lipinski definition) is 1. The normalized spacial score (nSPS) is 12.1. The first kappa shape index (κ1) is 9.29. The van der Waals surface area contributed by atoms with E-state index in [4.69, 9.17) is 7.85 Å². The topological polar surface area (TPSA) is 17.8 Å². The van der Waals surface area contributed by atoms with Gasteiger partial charge in [0.15, 0.2) is 5.82 Å². The molecule has 1 aromatic heterocycles. The van der Waals surface area contributed by atoms with Gasteiger partial charge in [0, 0.05) is 18.1 Å². The van der Waals surface area contributed by atoms with Crippen LogP contribution < -0.4 is 5.59 Å². The Balaban J connectivity index is 3.28. The van der Waals surface area contributed by atoms with E-state index in [-0.39, 0.29) is 11.0 Å². The summed E-state index contributed by atoms with van der Waals surface area (Å²) in [6.07, 6.45) is 0. The summed E-state index contributed by atoms with van der Waals surface area (Å²) in [5, 5.41) is 4.00. The summed E-state index contributed by atoms with van der Waals surface area (Å²) >= 11 is 0. The van der Waals surface area contributed by atoms with Crippen molar-refractivity contribution in [3.05, 3.63) is 11.5 Å². The molecular formula is C8H12BFN2. The van der Waals surface area contributed by atoms with Crippen LogP contribution in [0.5, 0.6) is 0 Å². The minimum absolute atomic E-state index is 0.0972. The number of hydrogen-bond donors (Lipinski definition) is 0. The summed E-state index contributed by atoms with van der Waals surface area (Å²) in [6.45, 7) is 5.70. The Labute approximate surface area is 73.2 Å². The molecule has 4 heteroatoms. The standard InChI is InChI=1S/C8H12BFN2/c1-8(2,3)6-5(10)7(9)12(4)11-6/h1-4H3. The molecule has 1 aromatic rings. The summed E-state index contributed by atoms with van der Waals surface area (Å²) in [4.78, 5) is 0. The Morgan fingerprint density at radius 1 is 1.42 bits per heavy atom. The van der Waals surface area contributed by atoms with Gasteiger partial charge < -0.3 is 0 Å². The molecular weight excluding hydrogens is 154 g/mol. The zero-order chi connectivity index (χ0) is 9.52. The van der Waals surface area contributed by atoms with Gasteiger partial charge >= 0.3 is 0 Å². The highest BCUT2D eigenvalue weighted by atomic mass is 19.1. The van der Waals surface area contributed by atoms with E-state index in [0.29, 0.717) is 5.69 Å². The highest BCUT2D eigenvalue weighted by Crippen LogP contribution is 2.21. The smallest absolute Gasteiger partial charge is 0.157 e. The molecule has 0 aliphatic heterocycles. The van der Waals surface area contributed by atoms with E-state index in [1.165, 1.54) is 4.68 Å². The summed E-state index contributed by atoms with van der Waals surface area (Å²) in [5.41, 5.74) is 0.224. The zero-order valence-electron chi connectivity index (χ0n) is 7.85. The number of nitrogens with zero attached hydrogens (tertiary/aromatic N) is 2. The van der Waals surface area contributed by atoms with Gasteiger partial charge in [0.05, 0.1) is 0 Å². The van der Waals surface area contributed by atoms with Crippen molar-refractivity contribution in [3.63, 3.8) is 0 Å². The van der Waals surface area contributed by atoms with Crippen LogP contribution in [0.2, 0.25) is 0 Å². The van der Waals surface area contributed by atoms with Crippen LogP contribution in [0.4, 0.5) is 4.39 Å². The fraction of sp³-hybridized carbons (Fsp3) is 0.625. The van der Waals surface area contributed by atoms with Crippen LogP contribution >= 0.6 is 0 Å². The lowest BCUT2D eigenvalue weighted by molar-refractivity contribution is 0.509. The number of aromatic nitrogens is 2. The molecule has 0 amide bonds. The maximum atomic E-state index is 13.3. The highest BCUT2D eigenvalue weighted by Gasteiger charge is 2.23. The lowest BCUT2D eigenvalue weighted by Gasteiger charge is -2.14. The molecule has 1 rings (SSSR count). The fourth-order valence-electron chi connectivity index (χ4n) is 0.990. The number of aryl methyl sites for hydroxylation is 1. The second-order valence-corrected chi connectivity index (χ2v) is 3.92. The molecule has 0 N–H and O–H groups in total. The van der Waals surface area contributed by atoms with Crippen LogP contribution in [0.3, 0.4) is 0 Å². The average molecular weight is 166 g/mol. The van der Waals surface area contributed by atoms with Crippen molar-refractivity contribution in [1.82, 2.24) is 9.78 Å². The first-order valence-corrected chi connectivity index (χ1v) is 3.82. The summed E-state index contributed by atoms with van der Waals surface area (Å²) in [5.74, 6) is -0.398. The third-order valence-electron chi connectivity index (χ3n) is 1.74. The monoisotopic (exact) mass is 166 g/mol.